The summed E-state index contributed by atoms with van der Waals surface area (Å²) in [5, 5.41) is 7.82. The molecule has 2 aliphatic heterocycles. The summed E-state index contributed by atoms with van der Waals surface area (Å²) in [6, 6.07) is 18.5. The second-order valence-electron chi connectivity index (χ2n) is 11.6. The topological polar surface area (TPSA) is 84.2 Å². The fourth-order valence-corrected chi connectivity index (χ4v) is 6.12. The number of benzene rings is 2. The van der Waals surface area contributed by atoms with E-state index in [0.29, 0.717) is 23.4 Å². The third-order valence-corrected chi connectivity index (χ3v) is 8.72. The smallest absolute Gasteiger partial charge is 0.489 e. The molecule has 0 spiro atoms. The number of pyridine rings is 1. The SMILES string of the molecule is O=C(O)C(F)(F)F.O=c1cc(OCc2ccc(Cl)cc2)ccn1C1=Cc2ccc(CN3CCC(N4CCOCC4)CC3)cc2CC1. The van der Waals surface area contributed by atoms with E-state index in [1.807, 2.05) is 36.5 Å². The fourth-order valence-electron chi connectivity index (χ4n) is 6.00. The molecular weight excluding hydrogens is 623 g/mol. The fraction of sp³-hybridized carbons (Fsp3) is 0.412. The zero-order chi connectivity index (χ0) is 32.7. The number of nitrogens with zero attached hydrogens (tertiary/aromatic N) is 3. The summed E-state index contributed by atoms with van der Waals surface area (Å²) in [6.45, 7) is 7.65. The summed E-state index contributed by atoms with van der Waals surface area (Å²) in [5.74, 6) is -2.19. The lowest BCUT2D eigenvalue weighted by Crippen LogP contribution is -2.48. The number of aromatic nitrogens is 1. The van der Waals surface area contributed by atoms with Gasteiger partial charge in [-0.3, -0.25) is 19.2 Å². The predicted octanol–water partition coefficient (Wildman–Crippen LogP) is 5.95. The Bertz CT molecular complexity index is 1580. The van der Waals surface area contributed by atoms with Crippen molar-refractivity contribution in [3.8, 4) is 5.75 Å². The van der Waals surface area contributed by atoms with Gasteiger partial charge in [0.05, 0.1) is 13.2 Å². The van der Waals surface area contributed by atoms with Gasteiger partial charge in [-0.05, 0) is 85.3 Å². The molecule has 3 aliphatic rings. The van der Waals surface area contributed by atoms with E-state index in [-0.39, 0.29) is 5.56 Å². The molecule has 0 radical (unpaired) electrons. The van der Waals surface area contributed by atoms with Crippen LogP contribution in [0.25, 0.3) is 11.8 Å². The summed E-state index contributed by atoms with van der Waals surface area (Å²) >= 11 is 5.95. The van der Waals surface area contributed by atoms with Crippen molar-refractivity contribution in [2.75, 3.05) is 39.4 Å². The van der Waals surface area contributed by atoms with Crippen LogP contribution < -0.4 is 10.3 Å². The van der Waals surface area contributed by atoms with Crippen LogP contribution in [0.3, 0.4) is 0 Å². The number of carboxylic acids is 1. The zero-order valence-electron chi connectivity index (χ0n) is 25.3. The third kappa shape index (κ3) is 9.22. The van der Waals surface area contributed by atoms with Gasteiger partial charge in [0.25, 0.3) is 5.56 Å². The molecule has 0 bridgehead atoms. The average Bonchev–Trinajstić information content (AvgIpc) is 3.05. The lowest BCUT2D eigenvalue weighted by molar-refractivity contribution is -0.192. The quantitative estimate of drug-likeness (QED) is 0.335. The standard InChI is InChI=1S/C32H36ClN3O3.C2HF3O2/c33-28-6-2-24(3-7-28)23-39-31-11-14-36(32(37)21-31)30-8-5-26-19-25(1-4-27(26)20-30)22-34-12-9-29(10-13-34)35-15-17-38-18-16-35;3-2(4,5)1(6)7/h1-4,6-7,11,14,19-21,29H,5,8-10,12-13,15-18,22-23H2;(H,6,7). The minimum absolute atomic E-state index is 0.0737. The van der Waals surface area contributed by atoms with E-state index in [1.54, 1.807) is 10.6 Å². The van der Waals surface area contributed by atoms with E-state index in [9.17, 15) is 18.0 Å². The van der Waals surface area contributed by atoms with Crippen molar-refractivity contribution in [3.63, 3.8) is 0 Å². The Morgan fingerprint density at radius 1 is 0.957 bits per heavy atom. The first-order valence-electron chi connectivity index (χ1n) is 15.3. The molecule has 3 aromatic rings. The summed E-state index contributed by atoms with van der Waals surface area (Å²) in [6.07, 6.45) is 3.17. The first kappa shape index (κ1) is 33.7. The average molecular weight is 660 g/mol. The van der Waals surface area contributed by atoms with Gasteiger partial charge in [0.2, 0.25) is 0 Å². The Morgan fingerprint density at radius 2 is 1.63 bits per heavy atom. The minimum atomic E-state index is -5.08. The molecule has 12 heteroatoms. The third-order valence-electron chi connectivity index (χ3n) is 8.47. The van der Waals surface area contributed by atoms with E-state index < -0.39 is 12.1 Å². The number of alkyl halides is 3. The molecule has 1 aromatic heterocycles. The number of halogens is 4. The monoisotopic (exact) mass is 659 g/mol. The van der Waals surface area contributed by atoms with Crippen molar-refractivity contribution >= 4 is 29.3 Å². The highest BCUT2D eigenvalue weighted by molar-refractivity contribution is 6.30. The maximum absolute atomic E-state index is 12.9. The molecule has 6 rings (SSSR count). The Morgan fingerprint density at radius 3 is 2.28 bits per heavy atom. The molecule has 46 heavy (non-hydrogen) atoms. The number of piperidine rings is 1. The predicted molar refractivity (Wildman–Crippen MR) is 170 cm³/mol. The van der Waals surface area contributed by atoms with Gasteiger partial charge in [-0.15, -0.1) is 0 Å². The van der Waals surface area contributed by atoms with Crippen LogP contribution in [-0.4, -0.2) is 77.1 Å². The summed E-state index contributed by atoms with van der Waals surface area (Å²) in [4.78, 5) is 27.0. The lowest BCUT2D eigenvalue weighted by Gasteiger charge is -2.40. The van der Waals surface area contributed by atoms with Crippen LogP contribution in [-0.2, 0) is 29.1 Å². The number of aryl methyl sites for hydroxylation is 1. The van der Waals surface area contributed by atoms with Crippen LogP contribution >= 0.6 is 11.6 Å². The second kappa shape index (κ2) is 15.3. The molecule has 0 amide bonds. The molecule has 2 aromatic carbocycles. The van der Waals surface area contributed by atoms with E-state index in [2.05, 4.69) is 34.1 Å². The van der Waals surface area contributed by atoms with Gasteiger partial charge in [0, 0.05) is 48.7 Å². The van der Waals surface area contributed by atoms with Gasteiger partial charge in [-0.1, -0.05) is 41.9 Å². The van der Waals surface area contributed by atoms with Crippen molar-refractivity contribution in [1.82, 2.24) is 14.4 Å². The molecule has 246 valence electrons. The number of aliphatic carboxylic acids is 1. The number of allylic oxidation sites excluding steroid dienone is 1. The second-order valence-corrected chi connectivity index (χ2v) is 12.0. The van der Waals surface area contributed by atoms with E-state index >= 15 is 0 Å². The van der Waals surface area contributed by atoms with E-state index in [4.69, 9.17) is 31.0 Å². The van der Waals surface area contributed by atoms with E-state index in [1.165, 1.54) is 29.5 Å². The number of carboxylic acid groups (broad SMARTS) is 1. The van der Waals surface area contributed by atoms with E-state index in [0.717, 1.165) is 70.0 Å². The van der Waals surface area contributed by atoms with Gasteiger partial charge in [-0.25, -0.2) is 4.79 Å². The molecule has 8 nitrogen and oxygen atoms in total. The Labute approximate surface area is 270 Å². The normalized spacial score (nSPS) is 17.8. The first-order valence-corrected chi connectivity index (χ1v) is 15.7. The van der Waals surface area contributed by atoms with Crippen LogP contribution in [0.15, 0.2) is 65.6 Å². The highest BCUT2D eigenvalue weighted by Gasteiger charge is 2.38. The molecule has 0 unspecified atom stereocenters. The summed E-state index contributed by atoms with van der Waals surface area (Å²) in [7, 11) is 0. The number of rotatable bonds is 7. The van der Waals surface area contributed by atoms with Crippen molar-refractivity contribution in [2.24, 2.45) is 0 Å². The molecular formula is C34H37ClF3N3O5. The molecule has 2 fully saturated rings. The van der Waals surface area contributed by atoms with Crippen LogP contribution in [0.2, 0.25) is 5.02 Å². The maximum Gasteiger partial charge on any atom is 0.490 e. The molecule has 2 saturated heterocycles. The minimum Gasteiger partial charge on any atom is -0.489 e. The van der Waals surface area contributed by atoms with Gasteiger partial charge in [0.15, 0.2) is 0 Å². The van der Waals surface area contributed by atoms with Gasteiger partial charge < -0.3 is 14.6 Å². The highest BCUT2D eigenvalue weighted by Crippen LogP contribution is 2.28. The largest absolute Gasteiger partial charge is 0.490 e. The van der Waals surface area contributed by atoms with Crippen molar-refractivity contribution in [1.29, 1.82) is 0 Å². The Balaban J connectivity index is 0.000000537. The van der Waals surface area contributed by atoms with Gasteiger partial charge >= 0.3 is 12.1 Å². The number of hydrogen-bond acceptors (Lipinski definition) is 6. The van der Waals surface area contributed by atoms with Crippen LogP contribution in [0.5, 0.6) is 5.75 Å². The lowest BCUT2D eigenvalue weighted by atomic mass is 9.93. The Hall–Kier alpha value is -3.64. The van der Waals surface area contributed by atoms with Crippen LogP contribution in [0, 0.1) is 0 Å². The van der Waals surface area contributed by atoms with Crippen molar-refractivity contribution in [2.45, 2.75) is 51.1 Å². The number of carbonyl (C=O) groups is 1. The summed E-state index contributed by atoms with van der Waals surface area (Å²) in [5.41, 5.74) is 5.92. The number of fused-ring (bicyclic) bond motifs is 1. The van der Waals surface area contributed by atoms with Gasteiger partial charge in [0.1, 0.15) is 12.4 Å². The first-order chi connectivity index (χ1) is 22.0. The molecule has 1 N–H and O–H groups in total. The van der Waals surface area contributed by atoms with Gasteiger partial charge in [-0.2, -0.15) is 13.2 Å². The Kier molecular flexibility index (Phi) is 11.2. The van der Waals surface area contributed by atoms with Crippen LogP contribution in [0.4, 0.5) is 13.2 Å². The van der Waals surface area contributed by atoms with Crippen molar-refractivity contribution < 1.29 is 32.5 Å². The molecule has 0 saturated carbocycles. The maximum atomic E-state index is 12.9. The molecule has 1 aliphatic carbocycles. The number of ether oxygens (including phenoxy) is 2. The number of likely N-dealkylation sites (tertiary alicyclic amines) is 1. The highest BCUT2D eigenvalue weighted by atomic mass is 35.5. The number of morpholine rings is 1. The number of hydrogen-bond donors (Lipinski definition) is 1. The van der Waals surface area contributed by atoms with Crippen LogP contribution in [0.1, 0.15) is 41.5 Å². The zero-order valence-corrected chi connectivity index (χ0v) is 26.1. The summed E-state index contributed by atoms with van der Waals surface area (Å²) < 4.78 is 44.8. The molecule has 0 atom stereocenters. The molecule has 3 heterocycles. The van der Waals surface area contributed by atoms with Crippen molar-refractivity contribution in [3.05, 3.63) is 98.4 Å².